The molecule has 3 rings (SSSR count). The van der Waals surface area contributed by atoms with E-state index in [4.69, 9.17) is 18.9 Å². The molecule has 0 bridgehead atoms. The van der Waals surface area contributed by atoms with Crippen molar-refractivity contribution in [1.29, 1.82) is 0 Å². The van der Waals surface area contributed by atoms with Gasteiger partial charge in [0.1, 0.15) is 11.1 Å². The maximum Gasteiger partial charge on any atom is 0.234 e. The van der Waals surface area contributed by atoms with Crippen LogP contribution in [0.25, 0.3) is 0 Å². The molecule has 1 unspecified atom stereocenters. The third-order valence-corrected chi connectivity index (χ3v) is 5.71. The van der Waals surface area contributed by atoms with Crippen LogP contribution in [0.4, 0.5) is 0 Å². The van der Waals surface area contributed by atoms with E-state index >= 15 is 0 Å². The Morgan fingerprint density at radius 2 is 1.59 bits per heavy atom. The van der Waals surface area contributed by atoms with Crippen molar-refractivity contribution in [2.75, 3.05) is 34.2 Å². The summed E-state index contributed by atoms with van der Waals surface area (Å²) in [6.45, 7) is 0.525. The lowest BCUT2D eigenvalue weighted by Gasteiger charge is -2.25. The van der Waals surface area contributed by atoms with Crippen molar-refractivity contribution in [2.45, 2.75) is 11.9 Å². The van der Waals surface area contributed by atoms with Crippen LogP contribution in [0.3, 0.4) is 0 Å². The normalized spacial score (nSPS) is 16.4. The van der Waals surface area contributed by atoms with E-state index in [2.05, 4.69) is 0 Å². The number of rotatable bonds is 7. The second-order valence-corrected chi connectivity index (χ2v) is 7.06. The van der Waals surface area contributed by atoms with E-state index in [0.717, 1.165) is 16.9 Å². The van der Waals surface area contributed by atoms with Crippen LogP contribution in [0.15, 0.2) is 36.4 Å². The van der Waals surface area contributed by atoms with Gasteiger partial charge in [-0.1, -0.05) is 12.1 Å². The maximum absolute atomic E-state index is 12.5. The van der Waals surface area contributed by atoms with Crippen molar-refractivity contribution in [3.05, 3.63) is 47.5 Å². The van der Waals surface area contributed by atoms with E-state index in [-0.39, 0.29) is 11.3 Å². The summed E-state index contributed by atoms with van der Waals surface area (Å²) in [5.41, 5.74) is 1.98. The van der Waals surface area contributed by atoms with Crippen molar-refractivity contribution >= 4 is 17.7 Å². The Hall–Kier alpha value is -2.54. The topological polar surface area (TPSA) is 57.2 Å². The van der Waals surface area contributed by atoms with Gasteiger partial charge in [0.15, 0.2) is 11.5 Å². The Balaban J connectivity index is 1.91. The molecular weight excluding hydrogens is 366 g/mol. The van der Waals surface area contributed by atoms with Crippen LogP contribution < -0.4 is 18.9 Å². The first-order valence-corrected chi connectivity index (χ1v) is 9.50. The first-order valence-electron chi connectivity index (χ1n) is 8.45. The van der Waals surface area contributed by atoms with E-state index < -0.39 is 0 Å². The minimum absolute atomic E-state index is 0.106. The zero-order valence-electron chi connectivity index (χ0n) is 15.9. The third kappa shape index (κ3) is 3.93. The number of thioether (sulfide) groups is 1. The smallest absolute Gasteiger partial charge is 0.234 e. The fourth-order valence-corrected chi connectivity index (χ4v) is 4.24. The lowest BCUT2D eigenvalue weighted by molar-refractivity contribution is -0.128. The number of hydrogen-bond acceptors (Lipinski definition) is 6. The molecule has 1 aliphatic rings. The van der Waals surface area contributed by atoms with Crippen LogP contribution in [0.1, 0.15) is 16.5 Å². The van der Waals surface area contributed by atoms with Gasteiger partial charge in [-0.2, -0.15) is 0 Å². The van der Waals surface area contributed by atoms with Gasteiger partial charge in [0.2, 0.25) is 11.7 Å². The minimum atomic E-state index is -0.117. The summed E-state index contributed by atoms with van der Waals surface area (Å²) in [6, 6.07) is 11.6. The van der Waals surface area contributed by atoms with Crippen molar-refractivity contribution < 1.29 is 23.7 Å². The molecule has 0 saturated carbocycles. The molecule has 1 aliphatic heterocycles. The van der Waals surface area contributed by atoms with Crippen LogP contribution in [0.5, 0.6) is 23.0 Å². The lowest BCUT2D eigenvalue weighted by Crippen LogP contribution is -2.27. The molecule has 1 amide bonds. The molecule has 2 aromatic carbocycles. The molecule has 1 heterocycles. The molecule has 27 heavy (non-hydrogen) atoms. The van der Waals surface area contributed by atoms with Crippen LogP contribution >= 0.6 is 11.8 Å². The average Bonchev–Trinajstić information content (AvgIpc) is 3.07. The van der Waals surface area contributed by atoms with Gasteiger partial charge >= 0.3 is 0 Å². The third-order valence-electron chi connectivity index (χ3n) is 4.45. The summed E-state index contributed by atoms with van der Waals surface area (Å²) >= 11 is 1.59. The summed E-state index contributed by atoms with van der Waals surface area (Å²) < 4.78 is 21.5. The molecule has 2 aromatic rings. The second kappa shape index (κ2) is 8.43. The van der Waals surface area contributed by atoms with Gasteiger partial charge in [0.25, 0.3) is 0 Å². The van der Waals surface area contributed by atoms with Crippen LogP contribution in [-0.2, 0) is 11.3 Å². The molecule has 0 aliphatic carbocycles. The summed E-state index contributed by atoms with van der Waals surface area (Å²) in [4.78, 5) is 14.4. The average molecular weight is 389 g/mol. The van der Waals surface area contributed by atoms with Gasteiger partial charge in [-0.25, -0.2) is 0 Å². The molecule has 0 aromatic heterocycles. The zero-order valence-corrected chi connectivity index (χ0v) is 16.7. The molecule has 0 N–H and O–H groups in total. The van der Waals surface area contributed by atoms with Gasteiger partial charge in [-0.15, -0.1) is 11.8 Å². The van der Waals surface area contributed by atoms with Crippen LogP contribution in [-0.4, -0.2) is 45.0 Å². The minimum Gasteiger partial charge on any atom is -0.497 e. The highest BCUT2D eigenvalue weighted by Crippen LogP contribution is 2.46. The van der Waals surface area contributed by atoms with Crippen molar-refractivity contribution in [3.8, 4) is 23.0 Å². The number of carbonyl (C=O) groups excluding carboxylic acids is 1. The highest BCUT2D eigenvalue weighted by molar-refractivity contribution is 8.00. The number of ether oxygens (including phenoxy) is 4. The van der Waals surface area contributed by atoms with E-state index in [1.54, 1.807) is 40.2 Å². The molecule has 1 fully saturated rings. The van der Waals surface area contributed by atoms with Gasteiger partial charge in [0.05, 0.1) is 34.2 Å². The van der Waals surface area contributed by atoms with Crippen molar-refractivity contribution in [2.24, 2.45) is 0 Å². The standard InChI is InChI=1S/C20H23NO5S/c1-23-15-7-5-13(6-8-15)11-21-18(22)12-27-20(21)14-9-16(24-2)19(26-4)17(10-14)25-3/h5-10,20H,11-12H2,1-4H3. The predicted molar refractivity (Wildman–Crippen MR) is 105 cm³/mol. The molecule has 0 spiro atoms. The fraction of sp³-hybridized carbons (Fsp3) is 0.350. The molecular formula is C20H23NO5S. The van der Waals surface area contributed by atoms with Crippen LogP contribution in [0.2, 0.25) is 0 Å². The lowest BCUT2D eigenvalue weighted by atomic mass is 10.1. The maximum atomic E-state index is 12.5. The first kappa shape index (κ1) is 19.2. The Morgan fingerprint density at radius 1 is 0.963 bits per heavy atom. The summed E-state index contributed by atoms with van der Waals surface area (Å²) in [5.74, 6) is 3.04. The summed E-state index contributed by atoms with van der Waals surface area (Å²) in [5, 5.41) is -0.117. The van der Waals surface area contributed by atoms with Crippen molar-refractivity contribution in [3.63, 3.8) is 0 Å². The highest BCUT2D eigenvalue weighted by Gasteiger charge is 2.34. The zero-order chi connectivity index (χ0) is 19.4. The Morgan fingerprint density at radius 3 is 2.11 bits per heavy atom. The van der Waals surface area contributed by atoms with Gasteiger partial charge in [-0.05, 0) is 35.4 Å². The predicted octanol–water partition coefficient (Wildman–Crippen LogP) is 3.50. The molecule has 0 radical (unpaired) electrons. The Labute approximate surface area is 163 Å². The molecule has 1 atom stereocenters. The molecule has 7 heteroatoms. The van der Waals surface area contributed by atoms with E-state index in [9.17, 15) is 4.79 Å². The first-order chi connectivity index (χ1) is 13.1. The Bertz CT molecular complexity index is 784. The van der Waals surface area contributed by atoms with E-state index in [1.165, 1.54) is 0 Å². The summed E-state index contributed by atoms with van der Waals surface area (Å²) in [6.07, 6.45) is 0. The Kier molecular flexibility index (Phi) is 6.01. The SMILES string of the molecule is COc1ccc(CN2C(=O)CSC2c2cc(OC)c(OC)c(OC)c2)cc1. The van der Waals surface area contributed by atoms with E-state index in [0.29, 0.717) is 29.5 Å². The summed E-state index contributed by atoms with van der Waals surface area (Å²) in [7, 11) is 6.38. The van der Waals surface area contributed by atoms with E-state index in [1.807, 2.05) is 41.3 Å². The molecule has 144 valence electrons. The van der Waals surface area contributed by atoms with Gasteiger partial charge in [0, 0.05) is 6.54 Å². The number of nitrogens with zero attached hydrogens (tertiary/aromatic N) is 1. The molecule has 1 saturated heterocycles. The van der Waals surface area contributed by atoms with Gasteiger partial charge in [-0.3, -0.25) is 4.79 Å². The number of hydrogen-bond donors (Lipinski definition) is 0. The fourth-order valence-electron chi connectivity index (χ4n) is 3.07. The van der Waals surface area contributed by atoms with Crippen molar-refractivity contribution in [1.82, 2.24) is 4.90 Å². The number of benzene rings is 2. The molecule has 6 nitrogen and oxygen atoms in total. The second-order valence-electron chi connectivity index (χ2n) is 5.99. The van der Waals surface area contributed by atoms with Crippen LogP contribution in [0, 0.1) is 0 Å². The number of methoxy groups -OCH3 is 4. The number of amides is 1. The highest BCUT2D eigenvalue weighted by atomic mass is 32.2. The quantitative estimate of drug-likeness (QED) is 0.723. The van der Waals surface area contributed by atoms with Gasteiger partial charge < -0.3 is 23.8 Å². The monoisotopic (exact) mass is 389 g/mol. The largest absolute Gasteiger partial charge is 0.497 e. The number of carbonyl (C=O) groups is 1.